The van der Waals surface area contributed by atoms with Crippen molar-refractivity contribution < 1.29 is 4.79 Å². The van der Waals surface area contributed by atoms with Gasteiger partial charge in [-0.1, -0.05) is 30.3 Å². The highest BCUT2D eigenvalue weighted by Gasteiger charge is 2.16. The van der Waals surface area contributed by atoms with Crippen molar-refractivity contribution in [2.75, 3.05) is 48.8 Å². The van der Waals surface area contributed by atoms with E-state index in [9.17, 15) is 4.79 Å². The van der Waals surface area contributed by atoms with Crippen LogP contribution in [0.25, 0.3) is 0 Å². The summed E-state index contributed by atoms with van der Waals surface area (Å²) in [6, 6.07) is 16.5. The predicted octanol–water partition coefficient (Wildman–Crippen LogP) is 3.01. The topological polar surface area (TPSA) is 47.6 Å². The van der Waals surface area contributed by atoms with Gasteiger partial charge in [0.15, 0.2) is 0 Å². The normalized spacial score (nSPS) is 15.0. The number of likely N-dealkylation sites (N-methyl/N-ethyl adjacent to an activating group) is 1. The zero-order valence-electron chi connectivity index (χ0n) is 15.0. The molecule has 0 atom stereocenters. The van der Waals surface area contributed by atoms with Crippen molar-refractivity contribution in [1.29, 1.82) is 0 Å². The van der Waals surface area contributed by atoms with Crippen LogP contribution < -0.4 is 15.5 Å². The third-order valence-electron chi connectivity index (χ3n) is 4.51. The van der Waals surface area contributed by atoms with Gasteiger partial charge in [-0.2, -0.15) is 0 Å². The molecule has 0 aromatic heterocycles. The summed E-state index contributed by atoms with van der Waals surface area (Å²) < 4.78 is 0. The number of nitrogens with zero attached hydrogens (tertiary/aromatic N) is 2. The molecular formula is C20H26N4O. The third-order valence-corrected chi connectivity index (χ3v) is 4.51. The van der Waals surface area contributed by atoms with Gasteiger partial charge < -0.3 is 20.4 Å². The first-order chi connectivity index (χ1) is 12.1. The lowest BCUT2D eigenvalue weighted by Crippen LogP contribution is -2.44. The Hall–Kier alpha value is -2.53. The number of carbonyl (C=O) groups excluding carboxylic acids is 1. The van der Waals surface area contributed by atoms with Gasteiger partial charge in [0.2, 0.25) is 5.91 Å². The van der Waals surface area contributed by atoms with Gasteiger partial charge in [-0.05, 0) is 30.8 Å². The van der Waals surface area contributed by atoms with Crippen LogP contribution in [0, 0.1) is 0 Å². The molecule has 132 valence electrons. The fourth-order valence-corrected chi connectivity index (χ4v) is 3.03. The van der Waals surface area contributed by atoms with E-state index in [0.29, 0.717) is 0 Å². The van der Waals surface area contributed by atoms with Crippen LogP contribution in [0.1, 0.15) is 12.5 Å². The van der Waals surface area contributed by atoms with Gasteiger partial charge in [0.1, 0.15) is 0 Å². The number of rotatable bonds is 5. The van der Waals surface area contributed by atoms with E-state index in [2.05, 4.69) is 51.7 Å². The first kappa shape index (κ1) is 17.3. The van der Waals surface area contributed by atoms with E-state index in [4.69, 9.17) is 0 Å². The van der Waals surface area contributed by atoms with Crippen LogP contribution in [-0.4, -0.2) is 44.0 Å². The smallest absolute Gasteiger partial charge is 0.221 e. The van der Waals surface area contributed by atoms with Crippen molar-refractivity contribution in [1.82, 2.24) is 4.90 Å². The Balaban J connectivity index is 1.78. The molecule has 2 aromatic carbocycles. The molecule has 1 saturated heterocycles. The molecule has 1 amide bonds. The quantitative estimate of drug-likeness (QED) is 0.880. The van der Waals surface area contributed by atoms with E-state index < -0.39 is 0 Å². The molecule has 1 fully saturated rings. The number of benzene rings is 2. The number of hydrogen-bond acceptors (Lipinski definition) is 4. The van der Waals surface area contributed by atoms with Crippen LogP contribution in [0.2, 0.25) is 0 Å². The maximum atomic E-state index is 11.5. The van der Waals surface area contributed by atoms with E-state index in [0.717, 1.165) is 44.1 Å². The molecule has 1 aliphatic rings. The highest BCUT2D eigenvalue weighted by molar-refractivity contribution is 5.93. The van der Waals surface area contributed by atoms with Gasteiger partial charge in [-0.3, -0.25) is 4.79 Å². The minimum atomic E-state index is -0.0601. The Morgan fingerprint density at radius 1 is 1.00 bits per heavy atom. The van der Waals surface area contributed by atoms with Gasteiger partial charge in [0, 0.05) is 45.3 Å². The van der Waals surface area contributed by atoms with Gasteiger partial charge in [0.05, 0.1) is 11.4 Å². The number of nitrogens with one attached hydrogen (secondary N) is 2. The van der Waals surface area contributed by atoms with E-state index >= 15 is 0 Å². The molecule has 0 unspecified atom stereocenters. The van der Waals surface area contributed by atoms with Crippen molar-refractivity contribution in [2.24, 2.45) is 0 Å². The SMILES string of the molecule is CC(=O)Nc1ccc(N2CCN(C)CC2)cc1NCc1ccccc1. The molecule has 1 aliphatic heterocycles. The van der Waals surface area contributed by atoms with Crippen LogP contribution in [0.15, 0.2) is 48.5 Å². The summed E-state index contributed by atoms with van der Waals surface area (Å²) in [5.74, 6) is -0.0601. The molecule has 3 rings (SSSR count). The van der Waals surface area contributed by atoms with E-state index in [1.54, 1.807) is 0 Å². The second kappa shape index (κ2) is 8.03. The molecule has 5 nitrogen and oxygen atoms in total. The summed E-state index contributed by atoms with van der Waals surface area (Å²) in [6.07, 6.45) is 0. The molecule has 2 N–H and O–H groups in total. The first-order valence-corrected chi connectivity index (χ1v) is 8.75. The number of hydrogen-bond donors (Lipinski definition) is 2. The van der Waals surface area contributed by atoms with E-state index in [-0.39, 0.29) is 5.91 Å². The Bertz CT molecular complexity index is 709. The molecule has 5 heteroatoms. The van der Waals surface area contributed by atoms with Gasteiger partial charge in [0.25, 0.3) is 0 Å². The van der Waals surface area contributed by atoms with Crippen LogP contribution in [0.5, 0.6) is 0 Å². The monoisotopic (exact) mass is 338 g/mol. The van der Waals surface area contributed by atoms with Crippen molar-refractivity contribution in [3.05, 3.63) is 54.1 Å². The number of carbonyl (C=O) groups is 1. The Labute approximate surface area is 149 Å². The number of piperazine rings is 1. The average molecular weight is 338 g/mol. The molecule has 0 spiro atoms. The van der Waals surface area contributed by atoms with Crippen LogP contribution in [0.3, 0.4) is 0 Å². The second-order valence-corrected chi connectivity index (χ2v) is 6.54. The summed E-state index contributed by atoms with van der Waals surface area (Å²) in [6.45, 7) is 6.44. The van der Waals surface area contributed by atoms with E-state index in [1.165, 1.54) is 18.2 Å². The lowest BCUT2D eigenvalue weighted by Gasteiger charge is -2.34. The Morgan fingerprint density at radius 2 is 1.72 bits per heavy atom. The maximum absolute atomic E-state index is 11.5. The average Bonchev–Trinajstić information content (AvgIpc) is 2.62. The van der Waals surface area contributed by atoms with Crippen LogP contribution in [-0.2, 0) is 11.3 Å². The largest absolute Gasteiger partial charge is 0.379 e. The fraction of sp³-hybridized carbons (Fsp3) is 0.350. The number of anilines is 3. The maximum Gasteiger partial charge on any atom is 0.221 e. The molecule has 0 saturated carbocycles. The molecule has 1 heterocycles. The number of amides is 1. The van der Waals surface area contributed by atoms with Gasteiger partial charge in [-0.15, -0.1) is 0 Å². The lowest BCUT2D eigenvalue weighted by molar-refractivity contribution is -0.114. The summed E-state index contributed by atoms with van der Waals surface area (Å²) in [5.41, 5.74) is 4.18. The molecular weight excluding hydrogens is 312 g/mol. The van der Waals surface area contributed by atoms with Crippen molar-refractivity contribution in [3.63, 3.8) is 0 Å². The second-order valence-electron chi connectivity index (χ2n) is 6.54. The van der Waals surface area contributed by atoms with E-state index in [1.807, 2.05) is 24.3 Å². The lowest BCUT2D eigenvalue weighted by atomic mass is 10.1. The standard InChI is InChI=1S/C20H26N4O/c1-16(25)22-19-9-8-18(24-12-10-23(2)11-13-24)14-20(19)21-15-17-6-4-3-5-7-17/h3-9,14,21H,10-13,15H2,1-2H3,(H,22,25). The predicted molar refractivity (Wildman–Crippen MR) is 104 cm³/mol. The highest BCUT2D eigenvalue weighted by Crippen LogP contribution is 2.29. The molecule has 0 radical (unpaired) electrons. The molecule has 0 aliphatic carbocycles. The van der Waals surface area contributed by atoms with Gasteiger partial charge >= 0.3 is 0 Å². The zero-order chi connectivity index (χ0) is 17.6. The highest BCUT2D eigenvalue weighted by atomic mass is 16.1. The van der Waals surface area contributed by atoms with Crippen molar-refractivity contribution in [3.8, 4) is 0 Å². The summed E-state index contributed by atoms with van der Waals surface area (Å²) in [4.78, 5) is 16.2. The summed E-state index contributed by atoms with van der Waals surface area (Å²) in [5, 5.41) is 6.39. The van der Waals surface area contributed by atoms with Crippen LogP contribution in [0.4, 0.5) is 17.1 Å². The van der Waals surface area contributed by atoms with Crippen LogP contribution >= 0.6 is 0 Å². The Morgan fingerprint density at radius 3 is 2.40 bits per heavy atom. The fourth-order valence-electron chi connectivity index (χ4n) is 3.03. The first-order valence-electron chi connectivity index (χ1n) is 8.75. The van der Waals surface area contributed by atoms with Crippen molar-refractivity contribution >= 4 is 23.0 Å². The van der Waals surface area contributed by atoms with Crippen molar-refractivity contribution in [2.45, 2.75) is 13.5 Å². The molecule has 0 bridgehead atoms. The summed E-state index contributed by atoms with van der Waals surface area (Å²) >= 11 is 0. The molecule has 25 heavy (non-hydrogen) atoms. The van der Waals surface area contributed by atoms with Gasteiger partial charge in [-0.25, -0.2) is 0 Å². The summed E-state index contributed by atoms with van der Waals surface area (Å²) in [7, 11) is 2.16. The minimum Gasteiger partial charge on any atom is -0.379 e. The third kappa shape index (κ3) is 4.73. The zero-order valence-corrected chi connectivity index (χ0v) is 15.0. The Kier molecular flexibility index (Phi) is 5.56. The molecule has 2 aromatic rings. The minimum absolute atomic E-state index is 0.0601.